The van der Waals surface area contributed by atoms with Crippen LogP contribution >= 0.6 is 0 Å². The molecule has 0 bridgehead atoms. The highest BCUT2D eigenvalue weighted by Gasteiger charge is 2.29. The summed E-state index contributed by atoms with van der Waals surface area (Å²) < 4.78 is 0. The van der Waals surface area contributed by atoms with Gasteiger partial charge in [0.1, 0.15) is 0 Å². The predicted octanol–water partition coefficient (Wildman–Crippen LogP) is 3.60. The molecule has 0 N–H and O–H groups in total. The Labute approximate surface area is 155 Å². The number of likely N-dealkylation sites (tertiary alicyclic amines) is 1. The van der Waals surface area contributed by atoms with Crippen LogP contribution in [0.2, 0.25) is 0 Å². The van der Waals surface area contributed by atoms with Gasteiger partial charge in [-0.2, -0.15) is 0 Å². The van der Waals surface area contributed by atoms with E-state index in [0.29, 0.717) is 19.0 Å². The van der Waals surface area contributed by atoms with Gasteiger partial charge >= 0.3 is 0 Å². The number of nitro groups is 2. The number of hydrogen-bond donors (Lipinski definition) is 0. The average Bonchev–Trinajstić information content (AvgIpc) is 3.15. The summed E-state index contributed by atoms with van der Waals surface area (Å²) >= 11 is 0. The van der Waals surface area contributed by atoms with Crippen molar-refractivity contribution in [3.8, 4) is 0 Å². The molecular formula is C19H19N3O5. The van der Waals surface area contributed by atoms with Gasteiger partial charge in [0.25, 0.3) is 17.3 Å². The number of carbonyl (C=O) groups is 1. The lowest BCUT2D eigenvalue weighted by atomic mass is 9.99. The first-order valence-electron chi connectivity index (χ1n) is 8.71. The van der Waals surface area contributed by atoms with E-state index in [1.807, 2.05) is 18.2 Å². The van der Waals surface area contributed by atoms with E-state index in [1.165, 1.54) is 5.56 Å². The van der Waals surface area contributed by atoms with E-state index in [1.54, 1.807) is 4.90 Å². The minimum Gasteiger partial charge on any atom is -0.338 e. The molecule has 3 rings (SSSR count). The van der Waals surface area contributed by atoms with Crippen molar-refractivity contribution in [3.63, 3.8) is 0 Å². The smallest absolute Gasteiger partial charge is 0.277 e. The average molecular weight is 369 g/mol. The zero-order valence-corrected chi connectivity index (χ0v) is 14.6. The van der Waals surface area contributed by atoms with Crippen molar-refractivity contribution in [2.24, 2.45) is 5.92 Å². The minimum atomic E-state index is -0.726. The topological polar surface area (TPSA) is 107 Å². The molecule has 1 atom stereocenters. The molecule has 1 aliphatic heterocycles. The molecule has 1 amide bonds. The number of nitrogens with zero attached hydrogens (tertiary/aromatic N) is 3. The standard InChI is InChI=1S/C19H19N3O5/c23-19(16-10-17(21(24)25)12-18(11-16)22(26)27)20-9-8-15(13-20)7-6-14-4-2-1-3-5-14/h1-5,10-12,15H,6-9,13H2/t15-/m1/s1. The maximum absolute atomic E-state index is 12.7. The first-order valence-corrected chi connectivity index (χ1v) is 8.71. The van der Waals surface area contributed by atoms with E-state index in [0.717, 1.165) is 37.5 Å². The van der Waals surface area contributed by atoms with Crippen molar-refractivity contribution in [3.05, 3.63) is 79.9 Å². The van der Waals surface area contributed by atoms with Gasteiger partial charge in [0.15, 0.2) is 0 Å². The Morgan fingerprint density at radius 2 is 1.67 bits per heavy atom. The number of benzene rings is 2. The number of amides is 1. The van der Waals surface area contributed by atoms with Crippen LogP contribution in [0.15, 0.2) is 48.5 Å². The summed E-state index contributed by atoms with van der Waals surface area (Å²) in [6.45, 7) is 1.11. The molecule has 0 aromatic heterocycles. The van der Waals surface area contributed by atoms with Gasteiger partial charge in [0.2, 0.25) is 0 Å². The first-order chi connectivity index (χ1) is 12.9. The summed E-state index contributed by atoms with van der Waals surface area (Å²) in [5, 5.41) is 22.0. The zero-order valence-electron chi connectivity index (χ0n) is 14.6. The summed E-state index contributed by atoms with van der Waals surface area (Å²) in [7, 11) is 0. The Morgan fingerprint density at radius 1 is 1.04 bits per heavy atom. The van der Waals surface area contributed by atoms with Crippen molar-refractivity contribution in [2.75, 3.05) is 13.1 Å². The molecule has 2 aromatic carbocycles. The number of aryl methyl sites for hydroxylation is 1. The van der Waals surface area contributed by atoms with Crippen LogP contribution in [0.3, 0.4) is 0 Å². The molecule has 0 spiro atoms. The lowest BCUT2D eigenvalue weighted by Crippen LogP contribution is -2.28. The Kier molecular flexibility index (Phi) is 5.44. The molecular weight excluding hydrogens is 350 g/mol. The summed E-state index contributed by atoms with van der Waals surface area (Å²) in [5.74, 6) is -0.0492. The van der Waals surface area contributed by atoms with Crippen LogP contribution < -0.4 is 0 Å². The van der Waals surface area contributed by atoms with E-state index in [4.69, 9.17) is 0 Å². The van der Waals surface area contributed by atoms with Gasteiger partial charge in [-0.3, -0.25) is 25.0 Å². The molecule has 1 heterocycles. The molecule has 2 aromatic rings. The number of non-ortho nitro benzene ring substituents is 2. The van der Waals surface area contributed by atoms with E-state index in [2.05, 4.69) is 12.1 Å². The van der Waals surface area contributed by atoms with Crippen molar-refractivity contribution in [1.29, 1.82) is 0 Å². The van der Waals surface area contributed by atoms with E-state index in [9.17, 15) is 25.0 Å². The molecule has 1 aliphatic rings. The summed E-state index contributed by atoms with van der Waals surface area (Å²) in [6, 6.07) is 13.2. The van der Waals surface area contributed by atoms with Gasteiger partial charge in [0, 0.05) is 25.2 Å². The summed E-state index contributed by atoms with van der Waals surface area (Å²) in [6.07, 6.45) is 2.73. The Morgan fingerprint density at radius 3 is 2.26 bits per heavy atom. The maximum Gasteiger partial charge on any atom is 0.277 e. The summed E-state index contributed by atoms with van der Waals surface area (Å²) in [4.78, 5) is 34.9. The molecule has 0 aliphatic carbocycles. The van der Waals surface area contributed by atoms with Crippen LogP contribution in [0.25, 0.3) is 0 Å². The van der Waals surface area contributed by atoms with Gasteiger partial charge in [-0.1, -0.05) is 30.3 Å². The summed E-state index contributed by atoms with van der Waals surface area (Å²) in [5.41, 5.74) is 0.330. The third-order valence-electron chi connectivity index (χ3n) is 4.83. The third-order valence-corrected chi connectivity index (χ3v) is 4.83. The quantitative estimate of drug-likeness (QED) is 0.571. The maximum atomic E-state index is 12.7. The van der Waals surface area contributed by atoms with Crippen molar-refractivity contribution < 1.29 is 14.6 Å². The molecule has 0 radical (unpaired) electrons. The largest absolute Gasteiger partial charge is 0.338 e. The zero-order chi connectivity index (χ0) is 19.4. The third kappa shape index (κ3) is 4.46. The van der Waals surface area contributed by atoms with Crippen LogP contribution in [0.4, 0.5) is 11.4 Å². The van der Waals surface area contributed by atoms with Gasteiger partial charge < -0.3 is 4.90 Å². The van der Waals surface area contributed by atoms with Crippen molar-refractivity contribution >= 4 is 17.3 Å². The Bertz CT molecular complexity index is 837. The predicted molar refractivity (Wildman–Crippen MR) is 98.5 cm³/mol. The van der Waals surface area contributed by atoms with Crippen LogP contribution in [-0.4, -0.2) is 33.7 Å². The van der Waals surface area contributed by atoms with Gasteiger partial charge in [-0.25, -0.2) is 0 Å². The Hall–Kier alpha value is -3.29. The molecule has 1 saturated heterocycles. The van der Waals surface area contributed by atoms with Crippen LogP contribution in [-0.2, 0) is 6.42 Å². The fraction of sp³-hybridized carbons (Fsp3) is 0.316. The lowest BCUT2D eigenvalue weighted by Gasteiger charge is -2.16. The second-order valence-electron chi connectivity index (χ2n) is 6.68. The molecule has 0 saturated carbocycles. The van der Waals surface area contributed by atoms with Crippen LogP contribution in [0, 0.1) is 26.1 Å². The number of hydrogen-bond acceptors (Lipinski definition) is 5. The molecule has 1 fully saturated rings. The molecule has 27 heavy (non-hydrogen) atoms. The van der Waals surface area contributed by atoms with Crippen LogP contribution in [0.5, 0.6) is 0 Å². The van der Waals surface area contributed by atoms with E-state index >= 15 is 0 Å². The molecule has 140 valence electrons. The van der Waals surface area contributed by atoms with Crippen molar-refractivity contribution in [1.82, 2.24) is 4.90 Å². The van der Waals surface area contributed by atoms with Gasteiger partial charge in [-0.15, -0.1) is 0 Å². The molecule has 8 nitrogen and oxygen atoms in total. The number of carbonyl (C=O) groups excluding carboxylic acids is 1. The first kappa shape index (κ1) is 18.5. The monoisotopic (exact) mass is 369 g/mol. The Balaban J connectivity index is 1.68. The minimum absolute atomic E-state index is 0.0143. The van der Waals surface area contributed by atoms with Gasteiger partial charge in [-0.05, 0) is 30.7 Å². The number of rotatable bonds is 6. The second-order valence-corrected chi connectivity index (χ2v) is 6.68. The normalized spacial score (nSPS) is 16.3. The highest BCUT2D eigenvalue weighted by Crippen LogP contribution is 2.27. The van der Waals surface area contributed by atoms with Gasteiger partial charge in [0.05, 0.1) is 21.5 Å². The van der Waals surface area contributed by atoms with E-state index < -0.39 is 27.1 Å². The van der Waals surface area contributed by atoms with Crippen LogP contribution in [0.1, 0.15) is 28.8 Å². The highest BCUT2D eigenvalue weighted by molar-refractivity contribution is 5.95. The number of nitro benzene ring substituents is 2. The second kappa shape index (κ2) is 7.94. The fourth-order valence-corrected chi connectivity index (χ4v) is 3.38. The van der Waals surface area contributed by atoms with Crippen molar-refractivity contribution in [2.45, 2.75) is 19.3 Å². The molecule has 8 heteroatoms. The SMILES string of the molecule is O=C(c1cc([N+](=O)[O-])cc([N+](=O)[O-])c1)N1CC[C@@H](CCc2ccccc2)C1. The fourth-order valence-electron chi connectivity index (χ4n) is 3.38. The molecule has 0 unspecified atom stereocenters. The highest BCUT2D eigenvalue weighted by atomic mass is 16.6. The van der Waals surface area contributed by atoms with E-state index in [-0.39, 0.29) is 5.56 Å². The lowest BCUT2D eigenvalue weighted by molar-refractivity contribution is -0.394.